The van der Waals surface area contributed by atoms with E-state index in [0.29, 0.717) is 19.3 Å². The van der Waals surface area contributed by atoms with Crippen molar-refractivity contribution in [1.82, 2.24) is 0 Å². The van der Waals surface area contributed by atoms with Crippen LogP contribution in [0.25, 0.3) is 0 Å². The lowest BCUT2D eigenvalue weighted by Crippen LogP contribution is -2.30. The number of allylic oxidation sites excluding steroid dienone is 4. The smallest absolute Gasteiger partial charge is 0.306 e. The van der Waals surface area contributed by atoms with Gasteiger partial charge in [-0.3, -0.25) is 14.4 Å². The molecule has 6 nitrogen and oxygen atoms in total. The summed E-state index contributed by atoms with van der Waals surface area (Å²) in [6.45, 7) is 6.66. The highest BCUT2D eigenvalue weighted by molar-refractivity contribution is 5.71. The maximum absolute atomic E-state index is 12.8. The molecule has 382 valence electrons. The molecule has 0 atom stereocenters. The van der Waals surface area contributed by atoms with Crippen molar-refractivity contribution in [3.8, 4) is 0 Å². The Hall–Kier alpha value is -2.11. The molecule has 0 rings (SSSR count). The second-order valence-electron chi connectivity index (χ2n) is 19.6. The highest BCUT2D eigenvalue weighted by atomic mass is 16.6. The second-order valence-corrected chi connectivity index (χ2v) is 19.6. The fraction of sp³-hybridized carbons (Fsp3) is 0.881. The van der Waals surface area contributed by atoms with E-state index in [4.69, 9.17) is 14.2 Å². The Bertz CT molecular complexity index is 996. The van der Waals surface area contributed by atoms with Crippen molar-refractivity contribution in [2.45, 2.75) is 322 Å². The molecule has 0 radical (unpaired) electrons. The van der Waals surface area contributed by atoms with Gasteiger partial charge >= 0.3 is 17.9 Å². The predicted octanol–water partition coefficient (Wildman–Crippen LogP) is 19.1. The van der Waals surface area contributed by atoms with Crippen LogP contribution in [-0.2, 0) is 28.6 Å². The first kappa shape index (κ1) is 62.9. The first-order valence-corrected chi connectivity index (χ1v) is 28.8. The van der Waals surface area contributed by atoms with E-state index in [0.717, 1.165) is 70.6 Å². The van der Waals surface area contributed by atoms with Crippen LogP contribution in [0.5, 0.6) is 0 Å². The van der Waals surface area contributed by atoms with Gasteiger partial charge in [-0.05, 0) is 70.6 Å². The molecule has 0 saturated carbocycles. The average Bonchev–Trinajstić information content (AvgIpc) is 3.30. The Balaban J connectivity index is 4.35. The summed E-state index contributed by atoms with van der Waals surface area (Å²) in [5.74, 6) is -0.870. The molecule has 0 bridgehead atoms. The topological polar surface area (TPSA) is 78.9 Å². The third-order valence-corrected chi connectivity index (χ3v) is 12.9. The van der Waals surface area contributed by atoms with Gasteiger partial charge in [-0.2, -0.15) is 0 Å². The van der Waals surface area contributed by atoms with Gasteiger partial charge in [0.1, 0.15) is 13.2 Å². The summed E-state index contributed by atoms with van der Waals surface area (Å²) in [5.41, 5.74) is 0. The molecular formula is C59H110O6. The summed E-state index contributed by atoms with van der Waals surface area (Å²) in [6, 6.07) is 0. The number of unbranched alkanes of at least 4 members (excludes halogenated alkanes) is 38. The number of esters is 3. The van der Waals surface area contributed by atoms with E-state index < -0.39 is 6.10 Å². The summed E-state index contributed by atoms with van der Waals surface area (Å²) >= 11 is 0. The fourth-order valence-corrected chi connectivity index (χ4v) is 8.55. The molecule has 0 aromatic heterocycles. The summed E-state index contributed by atoms with van der Waals surface area (Å²) in [6.07, 6.45) is 63.1. The first-order chi connectivity index (χ1) is 32.0. The monoisotopic (exact) mass is 915 g/mol. The molecule has 0 aromatic carbocycles. The van der Waals surface area contributed by atoms with Crippen molar-refractivity contribution in [1.29, 1.82) is 0 Å². The molecule has 0 amide bonds. The van der Waals surface area contributed by atoms with E-state index in [9.17, 15) is 14.4 Å². The average molecular weight is 916 g/mol. The maximum Gasteiger partial charge on any atom is 0.306 e. The van der Waals surface area contributed by atoms with E-state index in [1.54, 1.807) is 0 Å². The highest BCUT2D eigenvalue weighted by Crippen LogP contribution is 2.16. The number of ether oxygens (including phenoxy) is 3. The molecule has 0 saturated heterocycles. The lowest BCUT2D eigenvalue weighted by atomic mass is 10.0. The lowest BCUT2D eigenvalue weighted by Gasteiger charge is -2.18. The quantitative estimate of drug-likeness (QED) is 0.0262. The van der Waals surface area contributed by atoms with Gasteiger partial charge in [-0.15, -0.1) is 0 Å². The Morgan fingerprint density at radius 2 is 0.508 bits per heavy atom. The zero-order valence-corrected chi connectivity index (χ0v) is 43.8. The molecule has 0 fully saturated rings. The number of carbonyl (C=O) groups excluding carboxylic acids is 3. The van der Waals surface area contributed by atoms with Gasteiger partial charge in [0, 0.05) is 19.3 Å². The molecule has 6 heteroatoms. The van der Waals surface area contributed by atoms with Crippen LogP contribution in [0.1, 0.15) is 316 Å². The van der Waals surface area contributed by atoms with Crippen LogP contribution >= 0.6 is 0 Å². The number of carbonyl (C=O) groups is 3. The normalized spacial score (nSPS) is 11.7. The molecule has 0 aliphatic carbocycles. The molecule has 0 unspecified atom stereocenters. The molecule has 0 aliphatic heterocycles. The Morgan fingerprint density at radius 3 is 0.769 bits per heavy atom. The minimum atomic E-state index is -0.774. The Morgan fingerprint density at radius 1 is 0.292 bits per heavy atom. The van der Waals surface area contributed by atoms with E-state index in [-0.39, 0.29) is 31.1 Å². The van der Waals surface area contributed by atoms with Crippen molar-refractivity contribution >= 4 is 17.9 Å². The molecule has 0 spiro atoms. The maximum atomic E-state index is 12.8. The Kier molecular flexibility index (Phi) is 52.7. The molecule has 0 N–H and O–H groups in total. The zero-order valence-electron chi connectivity index (χ0n) is 43.8. The SMILES string of the molecule is CCCCCCCC/C=C\CCCCCCCC(=O)OCC(COC(=O)CCCCCCC/C=C\CCCCCCCC)OC(=O)CCCCCCCCCCCCCCCCCCC. The van der Waals surface area contributed by atoms with E-state index in [1.807, 2.05) is 0 Å². The molecular weight excluding hydrogens is 805 g/mol. The summed E-state index contributed by atoms with van der Waals surface area (Å²) in [5, 5.41) is 0. The lowest BCUT2D eigenvalue weighted by molar-refractivity contribution is -0.167. The third-order valence-electron chi connectivity index (χ3n) is 12.9. The molecule has 0 heterocycles. The summed E-state index contributed by atoms with van der Waals surface area (Å²) < 4.78 is 16.9. The minimum absolute atomic E-state index is 0.0740. The van der Waals surface area contributed by atoms with Crippen LogP contribution in [0.4, 0.5) is 0 Å². The van der Waals surface area contributed by atoms with Gasteiger partial charge in [0.2, 0.25) is 0 Å². The van der Waals surface area contributed by atoms with Crippen LogP contribution in [0, 0.1) is 0 Å². The van der Waals surface area contributed by atoms with Crippen molar-refractivity contribution in [3.63, 3.8) is 0 Å². The third kappa shape index (κ3) is 52.7. The van der Waals surface area contributed by atoms with Crippen LogP contribution in [0.2, 0.25) is 0 Å². The van der Waals surface area contributed by atoms with Gasteiger partial charge < -0.3 is 14.2 Å². The van der Waals surface area contributed by atoms with Gasteiger partial charge in [-0.1, -0.05) is 251 Å². The number of rotatable bonds is 53. The number of hydrogen-bond acceptors (Lipinski definition) is 6. The van der Waals surface area contributed by atoms with E-state index >= 15 is 0 Å². The fourth-order valence-electron chi connectivity index (χ4n) is 8.55. The van der Waals surface area contributed by atoms with Crippen molar-refractivity contribution in [2.24, 2.45) is 0 Å². The highest BCUT2D eigenvalue weighted by Gasteiger charge is 2.19. The predicted molar refractivity (Wildman–Crippen MR) is 279 cm³/mol. The van der Waals surface area contributed by atoms with Crippen LogP contribution in [0.15, 0.2) is 24.3 Å². The van der Waals surface area contributed by atoms with Crippen LogP contribution < -0.4 is 0 Å². The van der Waals surface area contributed by atoms with Crippen molar-refractivity contribution in [3.05, 3.63) is 24.3 Å². The largest absolute Gasteiger partial charge is 0.462 e. The zero-order chi connectivity index (χ0) is 47.2. The van der Waals surface area contributed by atoms with Crippen molar-refractivity contribution in [2.75, 3.05) is 13.2 Å². The minimum Gasteiger partial charge on any atom is -0.462 e. The Labute approximate surface area is 404 Å². The van der Waals surface area contributed by atoms with Gasteiger partial charge in [0.25, 0.3) is 0 Å². The van der Waals surface area contributed by atoms with E-state index in [2.05, 4.69) is 45.1 Å². The van der Waals surface area contributed by atoms with Crippen LogP contribution in [0.3, 0.4) is 0 Å². The van der Waals surface area contributed by atoms with E-state index in [1.165, 1.54) is 205 Å². The summed E-state index contributed by atoms with van der Waals surface area (Å²) in [4.78, 5) is 38.1. The molecule has 65 heavy (non-hydrogen) atoms. The van der Waals surface area contributed by atoms with Crippen molar-refractivity contribution < 1.29 is 28.6 Å². The first-order valence-electron chi connectivity index (χ1n) is 28.8. The molecule has 0 aromatic rings. The van der Waals surface area contributed by atoms with Crippen LogP contribution in [-0.4, -0.2) is 37.2 Å². The van der Waals surface area contributed by atoms with Gasteiger partial charge in [0.15, 0.2) is 6.10 Å². The second kappa shape index (κ2) is 54.5. The number of hydrogen-bond donors (Lipinski definition) is 0. The van der Waals surface area contributed by atoms with Gasteiger partial charge in [-0.25, -0.2) is 0 Å². The standard InChI is InChI=1S/C59H110O6/c1-4-7-10-13-16-19-22-25-28-29-32-35-38-41-44-47-50-53-59(62)65-56(54-63-57(60)51-48-45-42-39-36-33-30-26-23-20-17-14-11-8-5-2)55-64-58(61)52-49-46-43-40-37-34-31-27-24-21-18-15-12-9-6-3/h26-27,30-31,56H,4-25,28-29,32-55H2,1-3H3/b30-26-,31-27-. The molecule has 0 aliphatic rings. The van der Waals surface area contributed by atoms with Gasteiger partial charge in [0.05, 0.1) is 0 Å². The summed E-state index contributed by atoms with van der Waals surface area (Å²) in [7, 11) is 0.